The fraction of sp³-hybridized carbons (Fsp3) is 0.667. The van der Waals surface area contributed by atoms with Crippen LogP contribution in [0.25, 0.3) is 0 Å². The third kappa shape index (κ3) is 2.94. The maximum absolute atomic E-state index is 11.3. The highest BCUT2D eigenvalue weighted by Crippen LogP contribution is 2.27. The molecule has 0 bridgehead atoms. The van der Waals surface area contributed by atoms with Crippen LogP contribution in [0.5, 0.6) is 0 Å². The lowest BCUT2D eigenvalue weighted by Crippen LogP contribution is -2.29. The minimum Gasteiger partial charge on any atom is -0.464 e. The van der Waals surface area contributed by atoms with E-state index in [1.54, 1.807) is 26.7 Å². The van der Waals surface area contributed by atoms with E-state index in [-0.39, 0.29) is 18.4 Å². The number of hydrogen-bond donors (Lipinski definition) is 0. The Balaban J connectivity index is 2.00. The molecule has 19 heavy (non-hydrogen) atoms. The van der Waals surface area contributed by atoms with Crippen molar-refractivity contribution in [1.82, 2.24) is 9.55 Å². The Kier molecular flexibility index (Phi) is 4.52. The van der Waals surface area contributed by atoms with Crippen LogP contribution in [0.3, 0.4) is 0 Å². The zero-order valence-electron chi connectivity index (χ0n) is 11.2. The quantitative estimate of drug-likeness (QED) is 0.577. The van der Waals surface area contributed by atoms with Gasteiger partial charge in [0.15, 0.2) is 12.0 Å². The second-order valence-electron chi connectivity index (χ2n) is 4.30. The normalized spacial score (nSPS) is 22.9. The van der Waals surface area contributed by atoms with E-state index in [0.717, 1.165) is 6.42 Å². The molecule has 1 saturated heterocycles. The summed E-state index contributed by atoms with van der Waals surface area (Å²) >= 11 is 0. The largest absolute Gasteiger partial charge is 0.464 e. The van der Waals surface area contributed by atoms with Gasteiger partial charge in [-0.25, -0.2) is 9.78 Å². The van der Waals surface area contributed by atoms with Gasteiger partial charge in [-0.2, -0.15) is 0 Å². The molecule has 0 amide bonds. The van der Waals surface area contributed by atoms with Gasteiger partial charge in [0.2, 0.25) is 0 Å². The van der Waals surface area contributed by atoms with Crippen molar-refractivity contribution in [3.8, 4) is 0 Å². The number of imidazole rings is 1. The second-order valence-corrected chi connectivity index (χ2v) is 4.30. The molecule has 2 rings (SSSR count). The van der Waals surface area contributed by atoms with Gasteiger partial charge in [0, 0.05) is 26.8 Å². The molecule has 0 aromatic carbocycles. The SMILES string of the molecule is COC(=O)c1cn([C@H]2CO[C@@H](C(OC)OC)C2)cn1. The summed E-state index contributed by atoms with van der Waals surface area (Å²) in [6, 6.07) is 0.115. The van der Waals surface area contributed by atoms with Gasteiger partial charge in [-0.3, -0.25) is 0 Å². The molecule has 0 unspecified atom stereocenters. The molecule has 0 N–H and O–H groups in total. The molecule has 106 valence electrons. The van der Waals surface area contributed by atoms with Gasteiger partial charge in [-0.15, -0.1) is 0 Å². The fourth-order valence-electron chi connectivity index (χ4n) is 2.18. The van der Waals surface area contributed by atoms with Crippen molar-refractivity contribution in [3.63, 3.8) is 0 Å². The lowest BCUT2D eigenvalue weighted by molar-refractivity contribution is -0.167. The third-order valence-corrected chi connectivity index (χ3v) is 3.19. The third-order valence-electron chi connectivity index (χ3n) is 3.19. The number of aromatic nitrogens is 2. The van der Waals surface area contributed by atoms with Gasteiger partial charge in [0.25, 0.3) is 0 Å². The highest BCUT2D eigenvalue weighted by molar-refractivity contribution is 5.86. The first-order valence-corrected chi connectivity index (χ1v) is 5.98. The van der Waals surface area contributed by atoms with E-state index in [1.807, 2.05) is 4.57 Å². The lowest BCUT2D eigenvalue weighted by Gasteiger charge is -2.19. The maximum Gasteiger partial charge on any atom is 0.358 e. The van der Waals surface area contributed by atoms with E-state index in [4.69, 9.17) is 14.2 Å². The first-order valence-electron chi connectivity index (χ1n) is 5.98. The van der Waals surface area contributed by atoms with Gasteiger partial charge in [-0.1, -0.05) is 0 Å². The van der Waals surface area contributed by atoms with Crippen molar-refractivity contribution < 1.29 is 23.7 Å². The number of carbonyl (C=O) groups is 1. The fourth-order valence-corrected chi connectivity index (χ4v) is 2.18. The number of esters is 1. The number of nitrogens with zero attached hydrogens (tertiary/aromatic N) is 2. The summed E-state index contributed by atoms with van der Waals surface area (Å²) < 4.78 is 22.5. The molecular weight excluding hydrogens is 252 g/mol. The summed E-state index contributed by atoms with van der Waals surface area (Å²) in [5.41, 5.74) is 0.293. The number of carbonyl (C=O) groups excluding carboxylic acids is 1. The summed E-state index contributed by atoms with van der Waals surface area (Å²) in [6.45, 7) is 0.533. The Morgan fingerprint density at radius 3 is 2.84 bits per heavy atom. The molecule has 2 atom stereocenters. The number of rotatable bonds is 5. The zero-order chi connectivity index (χ0) is 13.8. The van der Waals surface area contributed by atoms with Crippen LogP contribution in [0, 0.1) is 0 Å². The van der Waals surface area contributed by atoms with E-state index in [0.29, 0.717) is 12.3 Å². The molecule has 2 heterocycles. The topological polar surface area (TPSA) is 71.8 Å². The summed E-state index contributed by atoms with van der Waals surface area (Å²) in [6.07, 6.45) is 3.51. The van der Waals surface area contributed by atoms with Gasteiger partial charge in [-0.05, 0) is 0 Å². The Morgan fingerprint density at radius 1 is 1.47 bits per heavy atom. The standard InChI is InChI=1S/C12H18N2O5/c1-16-11(15)9-5-14(7-13-9)8-4-10(19-6-8)12(17-2)18-3/h5,7-8,10,12H,4,6H2,1-3H3/t8-,10-/m1/s1. The van der Waals surface area contributed by atoms with Crippen LogP contribution in [-0.2, 0) is 18.9 Å². The van der Waals surface area contributed by atoms with Crippen LogP contribution in [0.15, 0.2) is 12.5 Å². The highest BCUT2D eigenvalue weighted by Gasteiger charge is 2.33. The van der Waals surface area contributed by atoms with E-state index >= 15 is 0 Å². The molecule has 0 radical (unpaired) electrons. The Morgan fingerprint density at radius 2 is 2.21 bits per heavy atom. The molecule has 7 nitrogen and oxygen atoms in total. The van der Waals surface area contributed by atoms with Crippen LogP contribution in [0.2, 0.25) is 0 Å². The summed E-state index contributed by atoms with van der Waals surface area (Å²) in [4.78, 5) is 15.3. The zero-order valence-corrected chi connectivity index (χ0v) is 11.2. The molecule has 0 aliphatic carbocycles. The van der Waals surface area contributed by atoms with Crippen LogP contribution in [0.4, 0.5) is 0 Å². The maximum atomic E-state index is 11.3. The van der Waals surface area contributed by atoms with Crippen molar-refractivity contribution in [2.75, 3.05) is 27.9 Å². The number of methoxy groups -OCH3 is 3. The van der Waals surface area contributed by atoms with Crippen LogP contribution in [-0.4, -0.2) is 55.9 Å². The first-order chi connectivity index (χ1) is 9.19. The molecule has 1 aliphatic heterocycles. The predicted molar refractivity (Wildman–Crippen MR) is 64.8 cm³/mol. The van der Waals surface area contributed by atoms with E-state index in [2.05, 4.69) is 9.72 Å². The van der Waals surface area contributed by atoms with Gasteiger partial charge in [0.05, 0.1) is 26.1 Å². The summed E-state index contributed by atoms with van der Waals surface area (Å²) in [5.74, 6) is -0.444. The van der Waals surface area contributed by atoms with Crippen molar-refractivity contribution in [3.05, 3.63) is 18.2 Å². The van der Waals surface area contributed by atoms with Crippen LogP contribution in [0.1, 0.15) is 23.0 Å². The van der Waals surface area contributed by atoms with Gasteiger partial charge in [0.1, 0.15) is 6.10 Å². The molecule has 7 heteroatoms. The Hall–Kier alpha value is -1.44. The summed E-state index contributed by atoms with van der Waals surface area (Å²) in [5, 5.41) is 0. The number of hydrogen-bond acceptors (Lipinski definition) is 6. The molecule has 0 saturated carbocycles. The second kappa shape index (κ2) is 6.14. The van der Waals surface area contributed by atoms with Gasteiger partial charge >= 0.3 is 5.97 Å². The van der Waals surface area contributed by atoms with Crippen LogP contribution >= 0.6 is 0 Å². The molecule has 1 aromatic heterocycles. The lowest BCUT2D eigenvalue weighted by atomic mass is 10.1. The summed E-state index contributed by atoms with van der Waals surface area (Å²) in [7, 11) is 4.49. The minimum absolute atomic E-state index is 0.115. The van der Waals surface area contributed by atoms with E-state index in [1.165, 1.54) is 7.11 Å². The molecule has 0 spiro atoms. The number of ether oxygens (including phenoxy) is 4. The predicted octanol–water partition coefficient (Wildman–Crippen LogP) is 0.619. The molecule has 1 fully saturated rings. The first kappa shape index (κ1) is 14.0. The Labute approximate surface area is 111 Å². The van der Waals surface area contributed by atoms with E-state index < -0.39 is 5.97 Å². The van der Waals surface area contributed by atoms with E-state index in [9.17, 15) is 4.79 Å². The van der Waals surface area contributed by atoms with Crippen molar-refractivity contribution in [2.45, 2.75) is 24.9 Å². The highest BCUT2D eigenvalue weighted by atomic mass is 16.7. The van der Waals surface area contributed by atoms with Gasteiger partial charge < -0.3 is 23.5 Å². The molecule has 1 aliphatic rings. The smallest absolute Gasteiger partial charge is 0.358 e. The molecular formula is C12H18N2O5. The van der Waals surface area contributed by atoms with Crippen molar-refractivity contribution in [2.24, 2.45) is 0 Å². The average molecular weight is 270 g/mol. The average Bonchev–Trinajstić information content (AvgIpc) is 3.07. The van der Waals surface area contributed by atoms with Crippen LogP contribution < -0.4 is 0 Å². The van der Waals surface area contributed by atoms with Crippen molar-refractivity contribution >= 4 is 5.97 Å². The Bertz CT molecular complexity index is 430. The van der Waals surface area contributed by atoms with Crippen molar-refractivity contribution in [1.29, 1.82) is 0 Å². The monoisotopic (exact) mass is 270 g/mol. The minimum atomic E-state index is -0.444. The molecule has 1 aromatic rings.